The van der Waals surface area contributed by atoms with E-state index in [1.807, 2.05) is 6.08 Å². The third kappa shape index (κ3) is 2.15. The summed E-state index contributed by atoms with van der Waals surface area (Å²) >= 11 is 0. The molecule has 0 spiro atoms. The van der Waals surface area contributed by atoms with Gasteiger partial charge in [-0.3, -0.25) is 9.69 Å². The van der Waals surface area contributed by atoms with Crippen molar-refractivity contribution in [1.82, 2.24) is 4.90 Å². The number of benzene rings is 1. The van der Waals surface area contributed by atoms with Crippen molar-refractivity contribution in [2.75, 3.05) is 34.9 Å². The van der Waals surface area contributed by atoms with E-state index in [2.05, 4.69) is 24.1 Å². The second-order valence-corrected chi connectivity index (χ2v) is 6.96. The fourth-order valence-electron chi connectivity index (χ4n) is 4.58. The summed E-state index contributed by atoms with van der Waals surface area (Å²) in [4.78, 5) is 14.8. The second kappa shape index (κ2) is 5.63. The molecule has 132 valence electrons. The lowest BCUT2D eigenvalue weighted by Crippen LogP contribution is -2.54. The molecule has 5 nitrogen and oxygen atoms in total. The lowest BCUT2D eigenvalue weighted by molar-refractivity contribution is -0.114. The molecule has 1 aromatic carbocycles. The number of ether oxygens (including phenoxy) is 3. The third-order valence-electron chi connectivity index (χ3n) is 5.90. The number of likely N-dealkylation sites (N-methyl/N-ethyl adjacent to an activating group) is 1. The molecule has 5 heteroatoms. The second-order valence-electron chi connectivity index (χ2n) is 6.96. The summed E-state index contributed by atoms with van der Waals surface area (Å²) in [5, 5.41) is 0. The van der Waals surface area contributed by atoms with Crippen LogP contribution < -0.4 is 9.47 Å². The van der Waals surface area contributed by atoms with Gasteiger partial charge in [-0.05, 0) is 67.4 Å². The normalized spacial score (nSPS) is 27.7. The van der Waals surface area contributed by atoms with E-state index < -0.39 is 0 Å². The van der Waals surface area contributed by atoms with Crippen molar-refractivity contribution < 1.29 is 19.0 Å². The van der Waals surface area contributed by atoms with Gasteiger partial charge in [-0.1, -0.05) is 0 Å². The van der Waals surface area contributed by atoms with Crippen LogP contribution in [0.15, 0.2) is 35.6 Å². The summed E-state index contributed by atoms with van der Waals surface area (Å²) in [6.07, 6.45) is 5.59. The molecule has 1 saturated heterocycles. The van der Waals surface area contributed by atoms with Gasteiger partial charge in [-0.25, -0.2) is 0 Å². The van der Waals surface area contributed by atoms with E-state index in [1.54, 1.807) is 27.4 Å². The number of likely N-dealkylation sites (tertiary alicyclic amines) is 1. The first-order valence-electron chi connectivity index (χ1n) is 8.53. The minimum atomic E-state index is -0.302. The van der Waals surface area contributed by atoms with E-state index in [0.717, 1.165) is 30.9 Å². The van der Waals surface area contributed by atoms with E-state index in [-0.39, 0.29) is 17.2 Å². The fraction of sp³-hybridized carbons (Fsp3) is 0.450. The van der Waals surface area contributed by atoms with Gasteiger partial charge in [0.2, 0.25) is 5.78 Å². The Kier molecular flexibility index (Phi) is 3.65. The van der Waals surface area contributed by atoms with E-state index >= 15 is 0 Å². The molecule has 2 atom stereocenters. The fourth-order valence-corrected chi connectivity index (χ4v) is 4.58. The van der Waals surface area contributed by atoms with Gasteiger partial charge >= 0.3 is 0 Å². The van der Waals surface area contributed by atoms with Crippen molar-refractivity contribution in [3.8, 4) is 11.5 Å². The number of rotatable bonds is 3. The maximum atomic E-state index is 12.4. The number of nitrogens with zero attached hydrogens (tertiary/aromatic N) is 1. The molecular formula is C20H23NO4. The van der Waals surface area contributed by atoms with Crippen molar-refractivity contribution in [3.05, 3.63) is 46.7 Å². The van der Waals surface area contributed by atoms with Crippen LogP contribution in [-0.4, -0.2) is 51.6 Å². The van der Waals surface area contributed by atoms with Gasteiger partial charge in [0.25, 0.3) is 0 Å². The molecule has 2 bridgehead atoms. The van der Waals surface area contributed by atoms with Gasteiger partial charge in [0.05, 0.1) is 21.3 Å². The Morgan fingerprint density at radius 3 is 2.52 bits per heavy atom. The van der Waals surface area contributed by atoms with Crippen LogP contribution in [0.1, 0.15) is 17.5 Å². The number of hydrogen-bond donors (Lipinski definition) is 0. The van der Waals surface area contributed by atoms with Gasteiger partial charge in [-0.15, -0.1) is 0 Å². The SMILES string of the molecule is COC1=C[C@]23CCN(C)[C@H](Cc4cc(OC)c(OC)cc42)C3=CC1=O. The van der Waals surface area contributed by atoms with Crippen molar-refractivity contribution in [2.45, 2.75) is 24.3 Å². The molecule has 4 rings (SSSR count). The quantitative estimate of drug-likeness (QED) is 0.844. The van der Waals surface area contributed by atoms with Crippen molar-refractivity contribution in [3.63, 3.8) is 0 Å². The molecule has 25 heavy (non-hydrogen) atoms. The van der Waals surface area contributed by atoms with Crippen molar-refractivity contribution >= 4 is 5.78 Å². The Labute approximate surface area is 147 Å². The number of carbonyl (C=O) groups excluding carboxylic acids is 1. The number of piperidine rings is 1. The minimum Gasteiger partial charge on any atom is -0.493 e. The van der Waals surface area contributed by atoms with E-state index in [1.165, 1.54) is 16.7 Å². The van der Waals surface area contributed by atoms with Crippen LogP contribution in [0.2, 0.25) is 0 Å². The summed E-state index contributed by atoms with van der Waals surface area (Å²) < 4.78 is 16.4. The van der Waals surface area contributed by atoms with E-state index in [0.29, 0.717) is 5.76 Å². The average Bonchev–Trinajstić information content (AvgIpc) is 2.63. The van der Waals surface area contributed by atoms with Crippen LogP contribution in [0.3, 0.4) is 0 Å². The van der Waals surface area contributed by atoms with Crippen LogP contribution in [0, 0.1) is 0 Å². The number of carbonyl (C=O) groups is 1. The molecule has 0 N–H and O–H groups in total. The minimum absolute atomic E-state index is 0.0441. The highest BCUT2D eigenvalue weighted by Crippen LogP contribution is 2.53. The lowest BCUT2D eigenvalue weighted by Gasteiger charge is -2.52. The molecular weight excluding hydrogens is 318 g/mol. The molecule has 0 amide bonds. The molecule has 0 radical (unpaired) electrons. The topological polar surface area (TPSA) is 48.0 Å². The van der Waals surface area contributed by atoms with Crippen LogP contribution >= 0.6 is 0 Å². The maximum absolute atomic E-state index is 12.4. The summed E-state index contributed by atoms with van der Waals surface area (Å²) in [6.45, 7) is 0.970. The predicted molar refractivity (Wildman–Crippen MR) is 94.1 cm³/mol. The van der Waals surface area contributed by atoms with Crippen LogP contribution in [0.5, 0.6) is 11.5 Å². The molecule has 1 fully saturated rings. The number of fused-ring (bicyclic) bond motifs is 1. The highest BCUT2D eigenvalue weighted by atomic mass is 16.5. The van der Waals surface area contributed by atoms with Crippen LogP contribution in [0.4, 0.5) is 0 Å². The zero-order valence-corrected chi connectivity index (χ0v) is 15.1. The summed E-state index contributed by atoms with van der Waals surface area (Å²) in [5.41, 5.74) is 3.31. The highest BCUT2D eigenvalue weighted by Gasteiger charge is 2.50. The smallest absolute Gasteiger partial charge is 0.220 e. The average molecular weight is 341 g/mol. The Balaban J connectivity index is 1.99. The Bertz CT molecular complexity index is 810. The zero-order valence-electron chi connectivity index (χ0n) is 15.1. The van der Waals surface area contributed by atoms with Crippen LogP contribution in [-0.2, 0) is 21.4 Å². The monoisotopic (exact) mass is 341 g/mol. The maximum Gasteiger partial charge on any atom is 0.220 e. The zero-order chi connectivity index (χ0) is 17.8. The third-order valence-corrected chi connectivity index (χ3v) is 5.90. The summed E-state index contributed by atoms with van der Waals surface area (Å²) in [7, 11) is 7.00. The Hall–Kier alpha value is -2.27. The Morgan fingerprint density at radius 1 is 1.12 bits per heavy atom. The number of allylic oxidation sites excluding steroid dienone is 2. The first kappa shape index (κ1) is 16.2. The first-order valence-corrected chi connectivity index (χ1v) is 8.53. The highest BCUT2D eigenvalue weighted by molar-refractivity contribution is 6.05. The first-order chi connectivity index (χ1) is 12.0. The molecule has 3 aliphatic rings. The largest absolute Gasteiger partial charge is 0.493 e. The van der Waals surface area contributed by atoms with E-state index in [4.69, 9.17) is 14.2 Å². The molecule has 1 aliphatic heterocycles. The lowest BCUT2D eigenvalue weighted by atomic mass is 9.59. The summed E-state index contributed by atoms with van der Waals surface area (Å²) in [5.74, 6) is 1.84. The standard InChI is InChI=1S/C20H23NO4/c1-21-6-5-20-11-19(25-4)16(22)9-14(20)15(21)7-12-8-17(23-2)18(24-3)10-13(12)20/h8-11,15H,5-7H2,1-4H3/t15-,20-/m1/s1. The molecule has 1 heterocycles. The molecule has 0 aromatic heterocycles. The van der Waals surface area contributed by atoms with Crippen molar-refractivity contribution in [1.29, 1.82) is 0 Å². The van der Waals surface area contributed by atoms with Gasteiger partial charge in [0.1, 0.15) is 0 Å². The van der Waals surface area contributed by atoms with Crippen LogP contribution in [0.25, 0.3) is 0 Å². The number of ketones is 1. The molecule has 2 aliphatic carbocycles. The van der Waals surface area contributed by atoms with Crippen molar-refractivity contribution in [2.24, 2.45) is 0 Å². The summed E-state index contributed by atoms with van der Waals surface area (Å²) in [6, 6.07) is 4.37. The Morgan fingerprint density at radius 2 is 1.84 bits per heavy atom. The molecule has 1 aromatic rings. The number of hydrogen-bond acceptors (Lipinski definition) is 5. The molecule has 0 saturated carbocycles. The van der Waals surface area contributed by atoms with Gasteiger partial charge in [0, 0.05) is 11.5 Å². The number of methoxy groups -OCH3 is 3. The van der Waals surface area contributed by atoms with Gasteiger partial charge in [0.15, 0.2) is 17.3 Å². The van der Waals surface area contributed by atoms with Gasteiger partial charge < -0.3 is 14.2 Å². The predicted octanol–water partition coefficient (Wildman–Crippen LogP) is 2.24. The van der Waals surface area contributed by atoms with E-state index in [9.17, 15) is 4.79 Å². The van der Waals surface area contributed by atoms with Gasteiger partial charge in [-0.2, -0.15) is 0 Å². The molecule has 0 unspecified atom stereocenters.